The smallest absolute Gasteiger partial charge is 0.263 e. The predicted octanol–water partition coefficient (Wildman–Crippen LogP) is 4.71. The molecule has 0 spiro atoms. The first-order valence-electron chi connectivity index (χ1n) is 8.83. The van der Waals surface area contributed by atoms with Gasteiger partial charge in [0.25, 0.3) is 5.91 Å². The minimum absolute atomic E-state index is 0.0438. The van der Waals surface area contributed by atoms with Gasteiger partial charge in [-0.15, -0.1) is 11.3 Å². The number of carbonyl (C=O) groups excluding carboxylic acids is 1. The van der Waals surface area contributed by atoms with E-state index in [-0.39, 0.29) is 5.91 Å². The summed E-state index contributed by atoms with van der Waals surface area (Å²) in [5.74, 6) is -0.0438. The third kappa shape index (κ3) is 3.52. The molecule has 1 aliphatic rings. The van der Waals surface area contributed by atoms with E-state index < -0.39 is 0 Å². The van der Waals surface area contributed by atoms with Crippen LogP contribution < -0.4 is 10.2 Å². The summed E-state index contributed by atoms with van der Waals surface area (Å²) in [6.07, 6.45) is 2.48. The van der Waals surface area contributed by atoms with Crippen LogP contribution in [-0.4, -0.2) is 24.0 Å². The Balaban J connectivity index is 1.48. The molecule has 0 saturated carbocycles. The zero-order valence-electron chi connectivity index (χ0n) is 14.7. The molecule has 0 radical (unpaired) electrons. The minimum atomic E-state index is -0.0438. The van der Waals surface area contributed by atoms with Gasteiger partial charge in [-0.25, -0.2) is 4.98 Å². The molecule has 1 saturated heterocycles. The van der Waals surface area contributed by atoms with Crippen LogP contribution in [0.2, 0.25) is 0 Å². The molecule has 1 fully saturated rings. The minimum Gasteiger partial charge on any atom is -0.371 e. The van der Waals surface area contributed by atoms with Crippen LogP contribution in [0, 0.1) is 6.92 Å². The number of benzene rings is 1. The van der Waals surface area contributed by atoms with Gasteiger partial charge in [0.2, 0.25) is 0 Å². The molecule has 6 heteroatoms. The number of thiazole rings is 1. The second kappa shape index (κ2) is 7.60. The number of carbonyl (C=O) groups is 1. The van der Waals surface area contributed by atoms with Crippen LogP contribution in [0.1, 0.15) is 33.8 Å². The second-order valence-corrected chi connectivity index (χ2v) is 8.23. The van der Waals surface area contributed by atoms with Gasteiger partial charge >= 0.3 is 0 Å². The lowest BCUT2D eigenvalue weighted by Gasteiger charge is -2.21. The predicted molar refractivity (Wildman–Crippen MR) is 109 cm³/mol. The van der Waals surface area contributed by atoms with Crippen LogP contribution in [0.3, 0.4) is 0 Å². The van der Waals surface area contributed by atoms with Crippen molar-refractivity contribution < 1.29 is 4.79 Å². The van der Waals surface area contributed by atoms with E-state index in [0.29, 0.717) is 11.4 Å². The molecular formula is C20H21N3OS2. The monoisotopic (exact) mass is 383 g/mol. The van der Waals surface area contributed by atoms with Crippen molar-refractivity contribution in [1.82, 2.24) is 10.3 Å². The van der Waals surface area contributed by atoms with Crippen molar-refractivity contribution in [2.45, 2.75) is 26.3 Å². The summed E-state index contributed by atoms with van der Waals surface area (Å²) < 4.78 is 0. The quantitative estimate of drug-likeness (QED) is 0.694. The van der Waals surface area contributed by atoms with Gasteiger partial charge in [0, 0.05) is 36.3 Å². The Kier molecular flexibility index (Phi) is 5.04. The molecule has 0 aliphatic carbocycles. The molecule has 2 aromatic heterocycles. The largest absolute Gasteiger partial charge is 0.371 e. The highest BCUT2D eigenvalue weighted by Gasteiger charge is 2.18. The van der Waals surface area contributed by atoms with Crippen molar-refractivity contribution in [3.63, 3.8) is 0 Å². The molecule has 3 aromatic rings. The molecular weight excluding hydrogens is 362 g/mol. The van der Waals surface area contributed by atoms with Gasteiger partial charge in [0.1, 0.15) is 9.88 Å². The Bertz CT molecular complexity index is 896. The van der Waals surface area contributed by atoms with Gasteiger partial charge < -0.3 is 10.2 Å². The van der Waals surface area contributed by atoms with E-state index in [1.54, 1.807) is 11.3 Å². The van der Waals surface area contributed by atoms with E-state index in [4.69, 9.17) is 0 Å². The zero-order chi connectivity index (χ0) is 17.9. The Labute approximate surface area is 161 Å². The lowest BCUT2D eigenvalue weighted by molar-refractivity contribution is 0.0954. The van der Waals surface area contributed by atoms with Crippen molar-refractivity contribution in [2.75, 3.05) is 18.0 Å². The molecule has 134 valence electrons. The fourth-order valence-electron chi connectivity index (χ4n) is 3.30. The van der Waals surface area contributed by atoms with Gasteiger partial charge in [-0.05, 0) is 42.8 Å². The van der Waals surface area contributed by atoms with Crippen LogP contribution in [0.5, 0.6) is 0 Å². The highest BCUT2D eigenvalue weighted by atomic mass is 32.1. The third-order valence-electron chi connectivity index (χ3n) is 4.65. The van der Waals surface area contributed by atoms with E-state index in [2.05, 4.69) is 38.8 Å². The van der Waals surface area contributed by atoms with Crippen molar-refractivity contribution in [2.24, 2.45) is 0 Å². The fraction of sp³-hybridized carbons (Fsp3) is 0.300. The van der Waals surface area contributed by atoms with Crippen LogP contribution in [0.15, 0.2) is 41.1 Å². The Hall–Kier alpha value is -2.18. The van der Waals surface area contributed by atoms with Crippen LogP contribution in [0.25, 0.3) is 10.6 Å². The average Bonchev–Trinajstić information content (AvgIpc) is 3.40. The van der Waals surface area contributed by atoms with Gasteiger partial charge in [0.15, 0.2) is 0 Å². The molecule has 4 rings (SSSR count). The number of hydrogen-bond donors (Lipinski definition) is 1. The number of hydrogen-bond acceptors (Lipinski definition) is 5. The summed E-state index contributed by atoms with van der Waals surface area (Å²) in [4.78, 5) is 20.4. The average molecular weight is 384 g/mol. The standard InChI is InChI=1S/C20H21N3OS2/c1-14-18(26-20(22-14)16-8-11-25-13-16)19(24)21-12-15-6-2-3-7-17(15)23-9-4-5-10-23/h2-3,6-8,11,13H,4-5,9-10,12H2,1H3,(H,21,24). The van der Waals surface area contributed by atoms with Crippen LogP contribution in [-0.2, 0) is 6.54 Å². The molecule has 0 atom stereocenters. The van der Waals surface area contributed by atoms with Gasteiger partial charge in [-0.2, -0.15) is 11.3 Å². The van der Waals surface area contributed by atoms with Crippen molar-refractivity contribution in [3.05, 3.63) is 57.2 Å². The van der Waals surface area contributed by atoms with Crippen molar-refractivity contribution in [1.29, 1.82) is 0 Å². The second-order valence-electron chi connectivity index (χ2n) is 6.45. The van der Waals surface area contributed by atoms with Gasteiger partial charge in [0.05, 0.1) is 5.69 Å². The van der Waals surface area contributed by atoms with E-state index in [0.717, 1.165) is 29.4 Å². The number of aryl methyl sites for hydroxylation is 1. The normalized spacial score (nSPS) is 14.0. The van der Waals surface area contributed by atoms with Crippen LogP contribution in [0.4, 0.5) is 5.69 Å². The Morgan fingerprint density at radius 3 is 2.81 bits per heavy atom. The number of para-hydroxylation sites is 1. The molecule has 4 nitrogen and oxygen atoms in total. The molecule has 1 aliphatic heterocycles. The number of nitrogens with zero attached hydrogens (tertiary/aromatic N) is 2. The van der Waals surface area contributed by atoms with Crippen molar-refractivity contribution in [3.8, 4) is 10.6 Å². The van der Waals surface area contributed by atoms with E-state index in [9.17, 15) is 4.79 Å². The Morgan fingerprint density at radius 1 is 1.23 bits per heavy atom. The van der Waals surface area contributed by atoms with E-state index in [1.807, 2.05) is 24.4 Å². The number of nitrogens with one attached hydrogen (secondary N) is 1. The molecule has 26 heavy (non-hydrogen) atoms. The van der Waals surface area contributed by atoms with Crippen molar-refractivity contribution >= 4 is 34.3 Å². The molecule has 3 heterocycles. The Morgan fingerprint density at radius 2 is 2.04 bits per heavy atom. The summed E-state index contributed by atoms with van der Waals surface area (Å²) in [6.45, 7) is 4.64. The fourth-order valence-corrected chi connectivity index (χ4v) is 4.99. The van der Waals surface area contributed by atoms with Gasteiger partial charge in [-0.3, -0.25) is 4.79 Å². The summed E-state index contributed by atoms with van der Waals surface area (Å²) >= 11 is 3.10. The first-order valence-corrected chi connectivity index (χ1v) is 10.6. The first-order chi connectivity index (χ1) is 12.7. The molecule has 1 amide bonds. The number of anilines is 1. The highest BCUT2D eigenvalue weighted by Crippen LogP contribution is 2.29. The molecule has 1 N–H and O–H groups in total. The summed E-state index contributed by atoms with van der Waals surface area (Å²) in [5.41, 5.74) is 4.29. The number of thiophene rings is 1. The highest BCUT2D eigenvalue weighted by molar-refractivity contribution is 7.17. The summed E-state index contributed by atoms with van der Waals surface area (Å²) in [6, 6.07) is 10.4. The lowest BCUT2D eigenvalue weighted by Crippen LogP contribution is -2.25. The number of aromatic nitrogens is 1. The third-order valence-corrected chi connectivity index (χ3v) is 6.54. The van der Waals surface area contributed by atoms with E-state index >= 15 is 0 Å². The maximum absolute atomic E-state index is 12.7. The topological polar surface area (TPSA) is 45.2 Å². The molecule has 1 aromatic carbocycles. The van der Waals surface area contributed by atoms with Crippen LogP contribution >= 0.6 is 22.7 Å². The zero-order valence-corrected chi connectivity index (χ0v) is 16.3. The SMILES string of the molecule is Cc1nc(-c2ccsc2)sc1C(=O)NCc1ccccc1N1CCCC1. The summed E-state index contributed by atoms with van der Waals surface area (Å²) in [5, 5.41) is 8.09. The summed E-state index contributed by atoms with van der Waals surface area (Å²) in [7, 11) is 0. The maximum Gasteiger partial charge on any atom is 0.263 e. The molecule has 0 unspecified atom stereocenters. The first kappa shape index (κ1) is 17.2. The number of rotatable bonds is 5. The lowest BCUT2D eigenvalue weighted by atomic mass is 10.1. The number of amides is 1. The van der Waals surface area contributed by atoms with Gasteiger partial charge in [-0.1, -0.05) is 18.2 Å². The van der Waals surface area contributed by atoms with E-state index in [1.165, 1.54) is 35.4 Å². The maximum atomic E-state index is 12.7. The molecule has 0 bridgehead atoms.